The van der Waals surface area contributed by atoms with Gasteiger partial charge < -0.3 is 10.1 Å². The van der Waals surface area contributed by atoms with Gasteiger partial charge in [-0.1, -0.05) is 25.7 Å². The van der Waals surface area contributed by atoms with Crippen LogP contribution >= 0.6 is 0 Å². The fourth-order valence-corrected chi connectivity index (χ4v) is 4.78. The Morgan fingerprint density at radius 2 is 1.88 bits per heavy atom. The van der Waals surface area contributed by atoms with Gasteiger partial charge in [0.1, 0.15) is 30.4 Å². The number of hydrogen-bond acceptors (Lipinski definition) is 7. The van der Waals surface area contributed by atoms with Crippen LogP contribution in [0, 0.1) is 11.3 Å². The van der Waals surface area contributed by atoms with Gasteiger partial charge in [-0.05, 0) is 50.3 Å². The second kappa shape index (κ2) is 10.2. The van der Waals surface area contributed by atoms with Gasteiger partial charge in [-0.15, -0.1) is 0 Å². The standard InChI is InChI=1S/C25H28FN7O/c26-21-8-4-5-9-23(21)34-22-11-10-17(12-18(22)13-27)24-28-16-29-25(32-24)31-19-14-30-33(15-19)20-6-2-1-3-7-20/h10-12,14-16,20-21,23H,1-9H2,(H,28,29,31,32)/t21-,23+/m1/s1. The minimum absolute atomic E-state index is 0.332. The van der Waals surface area contributed by atoms with E-state index in [4.69, 9.17) is 4.74 Å². The van der Waals surface area contributed by atoms with Crippen LogP contribution in [-0.4, -0.2) is 37.0 Å². The van der Waals surface area contributed by atoms with Gasteiger partial charge in [-0.3, -0.25) is 4.68 Å². The molecule has 9 heteroatoms. The molecule has 5 rings (SSSR count). The molecule has 2 fully saturated rings. The third-order valence-electron chi connectivity index (χ3n) is 6.64. The number of nitrogens with one attached hydrogen (secondary N) is 1. The molecule has 1 N–H and O–H groups in total. The summed E-state index contributed by atoms with van der Waals surface area (Å²) in [6.45, 7) is 0. The second-order valence-electron chi connectivity index (χ2n) is 9.04. The van der Waals surface area contributed by atoms with Crippen LogP contribution in [0.15, 0.2) is 36.9 Å². The third kappa shape index (κ3) is 5.01. The van der Waals surface area contributed by atoms with Crippen molar-refractivity contribution >= 4 is 11.6 Å². The molecule has 0 unspecified atom stereocenters. The van der Waals surface area contributed by atoms with Gasteiger partial charge >= 0.3 is 0 Å². The Kier molecular flexibility index (Phi) is 6.65. The van der Waals surface area contributed by atoms with Crippen molar-refractivity contribution in [2.24, 2.45) is 0 Å². The molecule has 2 aromatic heterocycles. The summed E-state index contributed by atoms with van der Waals surface area (Å²) in [4.78, 5) is 13.0. The normalized spacial score (nSPS) is 21.1. The minimum Gasteiger partial charge on any atom is -0.486 e. The highest BCUT2D eigenvalue weighted by Gasteiger charge is 2.27. The predicted molar refractivity (Wildman–Crippen MR) is 125 cm³/mol. The molecule has 176 valence electrons. The molecule has 2 aliphatic carbocycles. The van der Waals surface area contributed by atoms with E-state index in [1.807, 2.05) is 10.9 Å². The number of hydrogen-bond donors (Lipinski definition) is 1. The molecule has 0 amide bonds. The molecule has 2 saturated carbocycles. The Bertz CT molecular complexity index is 1170. The molecule has 0 bridgehead atoms. The summed E-state index contributed by atoms with van der Waals surface area (Å²) >= 11 is 0. The molecule has 3 aromatic rings. The maximum absolute atomic E-state index is 14.2. The van der Waals surface area contributed by atoms with Crippen LogP contribution in [0.2, 0.25) is 0 Å². The maximum Gasteiger partial charge on any atom is 0.230 e. The van der Waals surface area contributed by atoms with Crippen LogP contribution in [0.3, 0.4) is 0 Å². The lowest BCUT2D eigenvalue weighted by molar-refractivity contribution is 0.0636. The van der Waals surface area contributed by atoms with Crippen LogP contribution < -0.4 is 10.1 Å². The topological polar surface area (TPSA) is 102 Å². The maximum atomic E-state index is 14.2. The van der Waals surface area contributed by atoms with Gasteiger partial charge in [0.15, 0.2) is 5.82 Å². The number of alkyl halides is 1. The summed E-state index contributed by atoms with van der Waals surface area (Å²) in [5.74, 6) is 1.22. The van der Waals surface area contributed by atoms with Crippen molar-refractivity contribution in [1.29, 1.82) is 5.26 Å². The monoisotopic (exact) mass is 461 g/mol. The van der Waals surface area contributed by atoms with Crippen LogP contribution in [0.4, 0.5) is 16.0 Å². The van der Waals surface area contributed by atoms with Crippen molar-refractivity contribution in [1.82, 2.24) is 24.7 Å². The van der Waals surface area contributed by atoms with Crippen molar-refractivity contribution in [2.45, 2.75) is 76.1 Å². The number of rotatable bonds is 6. The second-order valence-corrected chi connectivity index (χ2v) is 9.04. The van der Waals surface area contributed by atoms with E-state index in [0.29, 0.717) is 47.5 Å². The molecule has 0 spiro atoms. The summed E-state index contributed by atoms with van der Waals surface area (Å²) in [6, 6.07) is 7.75. The van der Waals surface area contributed by atoms with Crippen molar-refractivity contribution < 1.29 is 9.13 Å². The van der Waals surface area contributed by atoms with E-state index < -0.39 is 12.3 Å². The lowest BCUT2D eigenvalue weighted by Gasteiger charge is -2.27. The zero-order valence-corrected chi connectivity index (χ0v) is 19.0. The lowest BCUT2D eigenvalue weighted by Crippen LogP contribution is -2.31. The van der Waals surface area contributed by atoms with Crippen molar-refractivity contribution in [3.05, 3.63) is 42.5 Å². The molecule has 2 atom stereocenters. The van der Waals surface area contributed by atoms with Crippen LogP contribution in [0.1, 0.15) is 69.4 Å². The van der Waals surface area contributed by atoms with Crippen LogP contribution in [-0.2, 0) is 0 Å². The van der Waals surface area contributed by atoms with Crippen molar-refractivity contribution in [2.75, 3.05) is 5.32 Å². The summed E-state index contributed by atoms with van der Waals surface area (Å²) < 4.78 is 22.1. The van der Waals surface area contributed by atoms with Gasteiger partial charge in [0, 0.05) is 11.8 Å². The summed E-state index contributed by atoms with van der Waals surface area (Å²) in [6.07, 6.45) is 12.8. The lowest BCUT2D eigenvalue weighted by atomic mass is 9.96. The molecule has 0 radical (unpaired) electrons. The third-order valence-corrected chi connectivity index (χ3v) is 6.64. The van der Waals surface area contributed by atoms with E-state index in [1.165, 1.54) is 25.6 Å². The van der Waals surface area contributed by atoms with Gasteiger partial charge in [0.2, 0.25) is 5.95 Å². The molecule has 1 aromatic carbocycles. The molecule has 8 nitrogen and oxygen atoms in total. The van der Waals surface area contributed by atoms with E-state index in [9.17, 15) is 9.65 Å². The number of nitriles is 1. The molecular formula is C25H28FN7O. The van der Waals surface area contributed by atoms with E-state index in [1.54, 1.807) is 24.4 Å². The zero-order valence-electron chi connectivity index (χ0n) is 19.0. The SMILES string of the molecule is N#Cc1cc(-c2ncnc(Nc3cnn(C4CCCCC4)c3)n2)ccc1O[C@H]1CCCC[C@H]1F. The Morgan fingerprint density at radius 3 is 2.71 bits per heavy atom. The summed E-state index contributed by atoms with van der Waals surface area (Å²) in [5, 5.41) is 17.3. The van der Waals surface area contributed by atoms with Crippen LogP contribution in [0.25, 0.3) is 11.4 Å². The Morgan fingerprint density at radius 1 is 1.06 bits per heavy atom. The first-order valence-electron chi connectivity index (χ1n) is 12.0. The first kappa shape index (κ1) is 22.3. The van der Waals surface area contributed by atoms with Gasteiger partial charge in [-0.25, -0.2) is 14.4 Å². The molecular weight excluding hydrogens is 433 g/mol. The van der Waals surface area contributed by atoms with Crippen molar-refractivity contribution in [3.8, 4) is 23.2 Å². The van der Waals surface area contributed by atoms with E-state index in [-0.39, 0.29) is 0 Å². The molecule has 2 aliphatic rings. The quantitative estimate of drug-likeness (QED) is 0.516. The van der Waals surface area contributed by atoms with Gasteiger partial charge in [-0.2, -0.15) is 15.3 Å². The first-order valence-corrected chi connectivity index (χ1v) is 12.0. The number of benzene rings is 1. The summed E-state index contributed by atoms with van der Waals surface area (Å²) in [5.41, 5.74) is 1.81. The largest absolute Gasteiger partial charge is 0.486 e. The number of nitrogens with zero attached hydrogens (tertiary/aromatic N) is 6. The zero-order chi connectivity index (χ0) is 23.3. The molecule has 0 aliphatic heterocycles. The van der Waals surface area contributed by atoms with Crippen molar-refractivity contribution in [3.63, 3.8) is 0 Å². The van der Waals surface area contributed by atoms with Gasteiger partial charge in [0.25, 0.3) is 0 Å². The Balaban J connectivity index is 1.31. The number of halogens is 1. The van der Waals surface area contributed by atoms with E-state index >= 15 is 0 Å². The Hall–Kier alpha value is -3.54. The summed E-state index contributed by atoms with van der Waals surface area (Å²) in [7, 11) is 0. The number of aromatic nitrogens is 5. The highest BCUT2D eigenvalue weighted by Crippen LogP contribution is 2.31. The highest BCUT2D eigenvalue weighted by atomic mass is 19.1. The van der Waals surface area contributed by atoms with Gasteiger partial charge in [0.05, 0.1) is 23.5 Å². The average molecular weight is 462 g/mol. The smallest absolute Gasteiger partial charge is 0.230 e. The predicted octanol–water partition coefficient (Wildman–Crippen LogP) is 5.52. The Labute approximate surface area is 198 Å². The fourth-order valence-electron chi connectivity index (χ4n) is 4.78. The first-order chi connectivity index (χ1) is 16.7. The highest BCUT2D eigenvalue weighted by molar-refractivity contribution is 5.63. The number of anilines is 2. The molecule has 0 saturated heterocycles. The fraction of sp³-hybridized carbons (Fsp3) is 0.480. The van der Waals surface area contributed by atoms with E-state index in [0.717, 1.165) is 31.4 Å². The molecule has 2 heterocycles. The van der Waals surface area contributed by atoms with E-state index in [2.05, 4.69) is 31.4 Å². The molecule has 34 heavy (non-hydrogen) atoms. The average Bonchev–Trinajstić information content (AvgIpc) is 3.35. The van der Waals surface area contributed by atoms with Crippen LogP contribution in [0.5, 0.6) is 5.75 Å². The minimum atomic E-state index is -1.00. The number of ether oxygens (including phenoxy) is 1.